The summed E-state index contributed by atoms with van der Waals surface area (Å²) in [5, 5.41) is 11.3. The molecule has 0 saturated heterocycles. The van der Waals surface area contributed by atoms with Crippen LogP contribution >= 0.6 is 0 Å². The fraction of sp³-hybridized carbons (Fsp3) is 0.417. The second kappa shape index (κ2) is 4.43. The van der Waals surface area contributed by atoms with Gasteiger partial charge in [0.05, 0.1) is 6.21 Å². The fourth-order valence-electron chi connectivity index (χ4n) is 1.45. The van der Waals surface area contributed by atoms with Crippen LogP contribution in [0.5, 0.6) is 0 Å². The third-order valence-corrected chi connectivity index (χ3v) is 2.00. The first-order valence-electron chi connectivity index (χ1n) is 4.88. The van der Waals surface area contributed by atoms with Gasteiger partial charge in [-0.2, -0.15) is 0 Å². The van der Waals surface area contributed by atoms with Gasteiger partial charge in [-0.05, 0) is 35.1 Å². The third kappa shape index (κ3) is 3.70. The van der Waals surface area contributed by atoms with Crippen molar-refractivity contribution in [3.63, 3.8) is 0 Å². The molecule has 0 aromatic heterocycles. The molecule has 82 valence electrons. The van der Waals surface area contributed by atoms with Crippen LogP contribution in [-0.2, 0) is 6.42 Å². The highest BCUT2D eigenvalue weighted by molar-refractivity contribution is 5.79. The maximum atomic E-state index is 13.4. The average Bonchev–Trinajstić information content (AvgIpc) is 2.09. The van der Waals surface area contributed by atoms with Crippen molar-refractivity contribution < 1.29 is 9.60 Å². The molecule has 0 radical (unpaired) electrons. The summed E-state index contributed by atoms with van der Waals surface area (Å²) >= 11 is 0. The van der Waals surface area contributed by atoms with Gasteiger partial charge in [0.2, 0.25) is 0 Å². The van der Waals surface area contributed by atoms with Crippen LogP contribution in [0.3, 0.4) is 0 Å². The van der Waals surface area contributed by atoms with Gasteiger partial charge in [-0.1, -0.05) is 32.0 Å². The lowest BCUT2D eigenvalue weighted by Crippen LogP contribution is -2.10. The Kier molecular flexibility index (Phi) is 3.45. The molecular formula is C12H16FNO. The Bertz CT molecular complexity index is 366. The van der Waals surface area contributed by atoms with Gasteiger partial charge in [-0.15, -0.1) is 0 Å². The Labute approximate surface area is 89.4 Å². The normalized spacial score (nSPS) is 12.3. The second-order valence-electron chi connectivity index (χ2n) is 4.83. The predicted molar refractivity (Wildman–Crippen MR) is 58.9 cm³/mol. The zero-order chi connectivity index (χ0) is 11.5. The van der Waals surface area contributed by atoms with E-state index in [0.29, 0.717) is 17.5 Å². The van der Waals surface area contributed by atoms with Crippen molar-refractivity contribution in [3.05, 3.63) is 35.1 Å². The van der Waals surface area contributed by atoms with E-state index in [4.69, 9.17) is 5.21 Å². The number of hydrogen-bond acceptors (Lipinski definition) is 2. The van der Waals surface area contributed by atoms with Gasteiger partial charge in [0.1, 0.15) is 5.82 Å². The minimum absolute atomic E-state index is 0.0375. The summed E-state index contributed by atoms with van der Waals surface area (Å²) in [7, 11) is 0. The summed E-state index contributed by atoms with van der Waals surface area (Å²) in [5.74, 6) is -0.208. The lowest BCUT2D eigenvalue weighted by molar-refractivity contribution is 0.322. The van der Waals surface area contributed by atoms with Gasteiger partial charge in [0.15, 0.2) is 0 Å². The third-order valence-electron chi connectivity index (χ3n) is 2.00. The Morgan fingerprint density at radius 2 is 2.07 bits per heavy atom. The summed E-state index contributed by atoms with van der Waals surface area (Å²) in [5.41, 5.74) is 1.40. The molecule has 0 atom stereocenters. The number of halogens is 1. The monoisotopic (exact) mass is 209 g/mol. The van der Waals surface area contributed by atoms with E-state index in [-0.39, 0.29) is 11.2 Å². The second-order valence-corrected chi connectivity index (χ2v) is 4.83. The van der Waals surface area contributed by atoms with Crippen molar-refractivity contribution >= 4 is 6.21 Å². The molecule has 0 heterocycles. The van der Waals surface area contributed by atoms with Crippen LogP contribution < -0.4 is 0 Å². The number of hydrogen-bond donors (Lipinski definition) is 1. The van der Waals surface area contributed by atoms with Gasteiger partial charge in [0, 0.05) is 0 Å². The summed E-state index contributed by atoms with van der Waals surface area (Å²) in [6.45, 7) is 6.16. The Morgan fingerprint density at radius 1 is 1.40 bits per heavy atom. The van der Waals surface area contributed by atoms with E-state index in [1.54, 1.807) is 12.1 Å². The summed E-state index contributed by atoms with van der Waals surface area (Å²) in [6, 6.07) is 4.69. The van der Waals surface area contributed by atoms with Crippen molar-refractivity contribution in [1.82, 2.24) is 0 Å². The number of benzene rings is 1. The minimum Gasteiger partial charge on any atom is -0.411 e. The molecule has 0 amide bonds. The van der Waals surface area contributed by atoms with E-state index >= 15 is 0 Å². The van der Waals surface area contributed by atoms with Crippen molar-refractivity contribution in [2.75, 3.05) is 0 Å². The van der Waals surface area contributed by atoms with Crippen LogP contribution in [0.2, 0.25) is 0 Å². The first kappa shape index (κ1) is 11.7. The number of rotatable bonds is 2. The molecule has 1 aromatic carbocycles. The van der Waals surface area contributed by atoms with E-state index in [1.165, 1.54) is 12.3 Å². The van der Waals surface area contributed by atoms with Gasteiger partial charge in [-0.3, -0.25) is 0 Å². The minimum atomic E-state index is -0.208. The summed E-state index contributed by atoms with van der Waals surface area (Å²) in [6.07, 6.45) is 1.96. The van der Waals surface area contributed by atoms with Crippen LogP contribution in [0, 0.1) is 11.2 Å². The predicted octanol–water partition coefficient (Wildman–Crippen LogP) is 3.22. The maximum absolute atomic E-state index is 13.4. The molecule has 0 bridgehead atoms. The molecule has 0 aliphatic carbocycles. The van der Waals surface area contributed by atoms with Gasteiger partial charge >= 0.3 is 0 Å². The molecule has 0 aliphatic rings. The first-order chi connectivity index (χ1) is 6.92. The largest absolute Gasteiger partial charge is 0.411 e. The molecule has 0 unspecified atom stereocenters. The molecule has 1 aromatic rings. The smallest absolute Gasteiger partial charge is 0.126 e. The Balaban J connectivity index is 3.00. The fourth-order valence-corrected chi connectivity index (χ4v) is 1.45. The Hall–Kier alpha value is -1.38. The van der Waals surface area contributed by atoms with Crippen LogP contribution in [-0.4, -0.2) is 11.4 Å². The van der Waals surface area contributed by atoms with E-state index in [2.05, 4.69) is 25.9 Å². The lowest BCUT2D eigenvalue weighted by atomic mass is 9.87. The van der Waals surface area contributed by atoms with Crippen LogP contribution in [0.4, 0.5) is 4.39 Å². The zero-order valence-corrected chi connectivity index (χ0v) is 9.29. The molecule has 1 N–H and O–H groups in total. The Morgan fingerprint density at radius 3 is 2.60 bits per heavy atom. The van der Waals surface area contributed by atoms with Crippen LogP contribution in [0.1, 0.15) is 31.9 Å². The molecule has 0 spiro atoms. The first-order valence-corrected chi connectivity index (χ1v) is 4.88. The van der Waals surface area contributed by atoms with Crippen molar-refractivity contribution in [2.24, 2.45) is 10.6 Å². The standard InChI is InChI=1S/C12H16FNO/c1-12(2,3)7-10-6-9(8-14-15)4-5-11(10)13/h4-6,8,15H,7H2,1-3H3/b14-8+. The van der Waals surface area contributed by atoms with E-state index in [1.807, 2.05) is 0 Å². The molecule has 15 heavy (non-hydrogen) atoms. The molecule has 1 rings (SSSR count). The van der Waals surface area contributed by atoms with Crippen molar-refractivity contribution in [2.45, 2.75) is 27.2 Å². The van der Waals surface area contributed by atoms with Crippen molar-refractivity contribution in [1.29, 1.82) is 0 Å². The number of nitrogens with zero attached hydrogens (tertiary/aromatic N) is 1. The highest BCUT2D eigenvalue weighted by Gasteiger charge is 2.14. The highest BCUT2D eigenvalue weighted by Crippen LogP contribution is 2.22. The van der Waals surface area contributed by atoms with E-state index in [0.717, 1.165) is 0 Å². The SMILES string of the molecule is CC(C)(C)Cc1cc(/C=N/O)ccc1F. The van der Waals surface area contributed by atoms with Crippen LogP contribution in [0.15, 0.2) is 23.4 Å². The zero-order valence-electron chi connectivity index (χ0n) is 9.29. The molecule has 0 aliphatic heterocycles. The lowest BCUT2D eigenvalue weighted by Gasteiger charge is -2.18. The molecule has 2 nitrogen and oxygen atoms in total. The quantitative estimate of drug-likeness (QED) is 0.452. The number of oxime groups is 1. The summed E-state index contributed by atoms with van der Waals surface area (Å²) in [4.78, 5) is 0. The van der Waals surface area contributed by atoms with Crippen LogP contribution in [0.25, 0.3) is 0 Å². The van der Waals surface area contributed by atoms with Crippen molar-refractivity contribution in [3.8, 4) is 0 Å². The molecule has 0 fully saturated rings. The highest BCUT2D eigenvalue weighted by atomic mass is 19.1. The molecular weight excluding hydrogens is 193 g/mol. The topological polar surface area (TPSA) is 32.6 Å². The maximum Gasteiger partial charge on any atom is 0.126 e. The summed E-state index contributed by atoms with van der Waals surface area (Å²) < 4.78 is 13.4. The van der Waals surface area contributed by atoms with Gasteiger partial charge in [-0.25, -0.2) is 4.39 Å². The molecule has 3 heteroatoms. The van der Waals surface area contributed by atoms with E-state index < -0.39 is 0 Å². The van der Waals surface area contributed by atoms with E-state index in [9.17, 15) is 4.39 Å². The molecule has 0 saturated carbocycles. The van der Waals surface area contributed by atoms with Gasteiger partial charge in [0.25, 0.3) is 0 Å². The van der Waals surface area contributed by atoms with Gasteiger partial charge < -0.3 is 5.21 Å². The average molecular weight is 209 g/mol.